The fourth-order valence-corrected chi connectivity index (χ4v) is 3.58. The number of anilines is 1. The standard InChI is InChI=1S/C20H19N3O2S/c1-2-26(25)11-10-23-18-9-8-15(13-21)12-17(18)20(22-14-19(23)24)16-6-4-3-5-7-16/h3-9,12H,2,10-11,14H2,1H3. The molecule has 132 valence electrons. The van der Waals surface area contributed by atoms with Crippen molar-refractivity contribution in [1.29, 1.82) is 5.26 Å². The van der Waals surface area contributed by atoms with Gasteiger partial charge in [0.15, 0.2) is 0 Å². The Labute approximate surface area is 155 Å². The summed E-state index contributed by atoms with van der Waals surface area (Å²) in [7, 11) is -0.960. The van der Waals surface area contributed by atoms with Gasteiger partial charge < -0.3 is 4.90 Å². The van der Waals surface area contributed by atoms with Gasteiger partial charge in [-0.1, -0.05) is 37.3 Å². The fraction of sp³-hybridized carbons (Fsp3) is 0.250. The number of rotatable bonds is 5. The second-order valence-corrected chi connectivity index (χ2v) is 7.72. The highest BCUT2D eigenvalue weighted by molar-refractivity contribution is 7.84. The Balaban J connectivity index is 2.09. The number of hydrogen-bond acceptors (Lipinski definition) is 4. The first-order chi connectivity index (χ1) is 12.6. The number of benzene rings is 2. The molecule has 1 unspecified atom stereocenters. The van der Waals surface area contributed by atoms with Gasteiger partial charge >= 0.3 is 0 Å². The number of nitrogens with zero attached hydrogens (tertiary/aromatic N) is 3. The van der Waals surface area contributed by atoms with Gasteiger partial charge in [-0.05, 0) is 18.2 Å². The smallest absolute Gasteiger partial charge is 0.248 e. The zero-order valence-electron chi connectivity index (χ0n) is 14.5. The zero-order chi connectivity index (χ0) is 18.5. The molecule has 2 aromatic carbocycles. The normalized spacial score (nSPS) is 14.8. The van der Waals surface area contributed by atoms with Crippen molar-refractivity contribution >= 4 is 28.1 Å². The van der Waals surface area contributed by atoms with Crippen LogP contribution in [0.3, 0.4) is 0 Å². The van der Waals surface area contributed by atoms with Crippen molar-refractivity contribution in [1.82, 2.24) is 0 Å². The van der Waals surface area contributed by atoms with Gasteiger partial charge in [0.25, 0.3) is 0 Å². The van der Waals surface area contributed by atoms with Gasteiger partial charge in [0.1, 0.15) is 6.54 Å². The number of carbonyl (C=O) groups is 1. The Hall–Kier alpha value is -2.78. The molecule has 1 amide bonds. The molecule has 1 atom stereocenters. The molecule has 0 aliphatic carbocycles. The maximum Gasteiger partial charge on any atom is 0.248 e. The van der Waals surface area contributed by atoms with Crippen LogP contribution in [-0.2, 0) is 15.6 Å². The van der Waals surface area contributed by atoms with E-state index in [-0.39, 0.29) is 12.5 Å². The lowest BCUT2D eigenvalue weighted by Gasteiger charge is -2.23. The molecule has 0 spiro atoms. The summed E-state index contributed by atoms with van der Waals surface area (Å²) in [5.74, 6) is 0.853. The predicted octanol–water partition coefficient (Wildman–Crippen LogP) is 2.51. The third kappa shape index (κ3) is 3.73. The molecule has 0 N–H and O–H groups in total. The van der Waals surface area contributed by atoms with Crippen molar-refractivity contribution in [3.8, 4) is 6.07 Å². The Kier molecular flexibility index (Phi) is 5.59. The first kappa shape index (κ1) is 18.0. The van der Waals surface area contributed by atoms with Gasteiger partial charge in [-0.15, -0.1) is 0 Å². The van der Waals surface area contributed by atoms with Crippen molar-refractivity contribution < 1.29 is 9.00 Å². The Morgan fingerprint density at radius 1 is 1.23 bits per heavy atom. The second-order valence-electron chi connectivity index (χ2n) is 5.85. The SMILES string of the molecule is CCS(=O)CCN1C(=O)CN=C(c2ccccc2)c2cc(C#N)ccc21. The summed E-state index contributed by atoms with van der Waals surface area (Å²) in [5.41, 5.74) is 3.57. The second kappa shape index (κ2) is 8.07. The molecular formula is C20H19N3O2S. The van der Waals surface area contributed by atoms with E-state index in [0.29, 0.717) is 35.0 Å². The molecule has 3 rings (SSSR count). The van der Waals surface area contributed by atoms with Crippen LogP contribution < -0.4 is 4.90 Å². The summed E-state index contributed by atoms with van der Waals surface area (Å²) in [6.07, 6.45) is 0. The minimum absolute atomic E-state index is 0.0273. The first-order valence-electron chi connectivity index (χ1n) is 8.43. The Morgan fingerprint density at radius 2 is 2.00 bits per heavy atom. The highest BCUT2D eigenvalue weighted by Crippen LogP contribution is 2.28. The van der Waals surface area contributed by atoms with Gasteiger partial charge in [0.2, 0.25) is 5.91 Å². The van der Waals surface area contributed by atoms with E-state index in [9.17, 15) is 14.3 Å². The molecular weight excluding hydrogens is 346 g/mol. The van der Waals surface area contributed by atoms with Crippen LogP contribution in [0.1, 0.15) is 23.6 Å². The number of nitriles is 1. The van der Waals surface area contributed by atoms with E-state index in [0.717, 1.165) is 11.1 Å². The third-order valence-corrected chi connectivity index (χ3v) is 5.54. The average molecular weight is 365 g/mol. The fourth-order valence-electron chi connectivity index (χ4n) is 2.91. The lowest BCUT2D eigenvalue weighted by molar-refractivity contribution is -0.117. The van der Waals surface area contributed by atoms with Crippen molar-refractivity contribution in [2.45, 2.75) is 6.92 Å². The van der Waals surface area contributed by atoms with Crippen molar-refractivity contribution in [3.05, 3.63) is 65.2 Å². The van der Waals surface area contributed by atoms with E-state index in [1.165, 1.54) is 0 Å². The van der Waals surface area contributed by atoms with Crippen LogP contribution in [0, 0.1) is 11.3 Å². The van der Waals surface area contributed by atoms with E-state index in [4.69, 9.17) is 0 Å². The molecule has 26 heavy (non-hydrogen) atoms. The monoisotopic (exact) mass is 365 g/mol. The van der Waals surface area contributed by atoms with Crippen LogP contribution in [0.5, 0.6) is 0 Å². The summed E-state index contributed by atoms with van der Waals surface area (Å²) in [6, 6.07) is 17.0. The highest BCUT2D eigenvalue weighted by Gasteiger charge is 2.25. The summed E-state index contributed by atoms with van der Waals surface area (Å²) >= 11 is 0. The molecule has 1 aliphatic rings. The molecule has 1 aliphatic heterocycles. The van der Waals surface area contributed by atoms with E-state index in [2.05, 4.69) is 11.1 Å². The van der Waals surface area contributed by atoms with E-state index in [1.54, 1.807) is 23.1 Å². The highest BCUT2D eigenvalue weighted by atomic mass is 32.2. The number of hydrogen-bond donors (Lipinski definition) is 0. The van der Waals surface area contributed by atoms with Crippen molar-refractivity contribution in [2.24, 2.45) is 4.99 Å². The quantitative estimate of drug-likeness (QED) is 0.817. The van der Waals surface area contributed by atoms with Crippen LogP contribution in [0.25, 0.3) is 0 Å². The largest absolute Gasteiger partial charge is 0.309 e. The van der Waals surface area contributed by atoms with Crippen molar-refractivity contribution in [3.63, 3.8) is 0 Å². The lowest BCUT2D eigenvalue weighted by atomic mass is 9.98. The van der Waals surface area contributed by atoms with Crippen LogP contribution in [0.2, 0.25) is 0 Å². The molecule has 0 bridgehead atoms. The van der Waals surface area contributed by atoms with Gasteiger partial charge in [-0.2, -0.15) is 5.26 Å². The summed E-state index contributed by atoms with van der Waals surface area (Å²) in [6.45, 7) is 2.26. The molecule has 0 fully saturated rings. The number of fused-ring (bicyclic) bond motifs is 1. The molecule has 0 aromatic heterocycles. The van der Waals surface area contributed by atoms with Gasteiger partial charge in [0, 0.05) is 40.0 Å². The molecule has 6 heteroatoms. The average Bonchev–Trinajstić information content (AvgIpc) is 2.82. The number of aliphatic imine (C=N–C) groups is 1. The van der Waals surface area contributed by atoms with E-state index >= 15 is 0 Å². The summed E-state index contributed by atoms with van der Waals surface area (Å²) < 4.78 is 11.8. The third-order valence-electron chi connectivity index (χ3n) is 4.26. The van der Waals surface area contributed by atoms with Crippen LogP contribution >= 0.6 is 0 Å². The molecule has 0 radical (unpaired) electrons. The molecule has 0 saturated carbocycles. The maximum absolute atomic E-state index is 12.7. The molecule has 2 aromatic rings. The Bertz CT molecular complexity index is 916. The van der Waals surface area contributed by atoms with Crippen LogP contribution in [-0.4, -0.2) is 40.4 Å². The minimum atomic E-state index is -0.960. The Morgan fingerprint density at radius 3 is 2.69 bits per heavy atom. The van der Waals surface area contributed by atoms with Gasteiger partial charge in [-0.3, -0.25) is 14.0 Å². The molecule has 5 nitrogen and oxygen atoms in total. The first-order valence-corrected chi connectivity index (χ1v) is 9.92. The number of amides is 1. The number of carbonyl (C=O) groups excluding carboxylic acids is 1. The summed E-state index contributed by atoms with van der Waals surface area (Å²) in [4.78, 5) is 18.8. The van der Waals surface area contributed by atoms with Crippen molar-refractivity contribution in [2.75, 3.05) is 29.5 Å². The van der Waals surface area contributed by atoms with Gasteiger partial charge in [0.05, 0.1) is 23.0 Å². The lowest BCUT2D eigenvalue weighted by Crippen LogP contribution is -2.36. The zero-order valence-corrected chi connectivity index (χ0v) is 15.3. The molecule has 0 saturated heterocycles. The van der Waals surface area contributed by atoms with Crippen LogP contribution in [0.15, 0.2) is 53.5 Å². The molecule has 1 heterocycles. The minimum Gasteiger partial charge on any atom is -0.309 e. The van der Waals surface area contributed by atoms with E-state index in [1.807, 2.05) is 37.3 Å². The maximum atomic E-state index is 12.7. The predicted molar refractivity (Wildman–Crippen MR) is 104 cm³/mol. The van der Waals surface area contributed by atoms with Gasteiger partial charge in [-0.25, -0.2) is 0 Å². The topological polar surface area (TPSA) is 73.5 Å². The number of benzodiazepines with no additional fused rings is 1. The summed E-state index contributed by atoms with van der Waals surface area (Å²) in [5, 5.41) is 9.28. The van der Waals surface area contributed by atoms with E-state index < -0.39 is 10.8 Å². The van der Waals surface area contributed by atoms with Crippen LogP contribution in [0.4, 0.5) is 5.69 Å².